The molecule has 1 saturated heterocycles. The van der Waals surface area contributed by atoms with Crippen molar-refractivity contribution in [3.8, 4) is 0 Å². The topological polar surface area (TPSA) is 65.3 Å². The summed E-state index contributed by atoms with van der Waals surface area (Å²) in [7, 11) is 0. The second-order valence-corrected chi connectivity index (χ2v) is 6.97. The van der Waals surface area contributed by atoms with E-state index in [1.165, 1.54) is 12.1 Å². The van der Waals surface area contributed by atoms with Gasteiger partial charge < -0.3 is 9.80 Å². The van der Waals surface area contributed by atoms with Crippen LogP contribution in [0.25, 0.3) is 0 Å². The first-order valence-electron chi connectivity index (χ1n) is 9.43. The molecule has 3 aliphatic rings. The van der Waals surface area contributed by atoms with E-state index in [2.05, 4.69) is 14.9 Å². The van der Waals surface area contributed by atoms with Crippen LogP contribution < -0.4 is 4.90 Å². The molecule has 1 atom stereocenters. The van der Waals surface area contributed by atoms with Gasteiger partial charge in [-0.3, -0.25) is 9.59 Å². The van der Waals surface area contributed by atoms with Gasteiger partial charge in [0.2, 0.25) is 5.91 Å². The molecule has 144 valence electrons. The van der Waals surface area contributed by atoms with Crippen LogP contribution in [0.5, 0.6) is 0 Å². The molecule has 2 aliphatic heterocycles. The van der Waals surface area contributed by atoms with E-state index in [1.807, 2.05) is 23.1 Å². The predicted molar refractivity (Wildman–Crippen MR) is 106 cm³/mol. The average molecular weight is 380 g/mol. The molecule has 0 N–H and O–H groups in total. The fraction of sp³-hybridized carbons (Fsp3) is 0.333. The van der Waals surface area contributed by atoms with E-state index < -0.39 is 0 Å². The fourth-order valence-corrected chi connectivity index (χ4v) is 3.57. The number of fused-ring (bicyclic) bond motifs is 1. The summed E-state index contributed by atoms with van der Waals surface area (Å²) in [5.74, 6) is -0.397. The largest absolute Gasteiger partial charge is 0.368 e. The van der Waals surface area contributed by atoms with E-state index in [0.29, 0.717) is 44.1 Å². The Bertz CT molecular complexity index is 893. The maximum absolute atomic E-state index is 13.1. The highest BCUT2D eigenvalue weighted by atomic mass is 19.1. The molecule has 0 saturated carbocycles. The number of halogens is 1. The number of amidine groups is 1. The summed E-state index contributed by atoms with van der Waals surface area (Å²) in [6, 6.07) is 6.41. The molecule has 2 amide bonds. The first-order chi connectivity index (χ1) is 13.6. The smallest absolute Gasteiger partial charge is 0.260 e. The van der Waals surface area contributed by atoms with E-state index in [0.717, 1.165) is 5.69 Å². The Labute approximate surface area is 162 Å². The molecule has 1 aromatic carbocycles. The van der Waals surface area contributed by atoms with Gasteiger partial charge in [0.25, 0.3) is 5.91 Å². The Morgan fingerprint density at radius 1 is 1.07 bits per heavy atom. The first kappa shape index (κ1) is 18.3. The number of hydrogen-bond acceptors (Lipinski definition) is 4. The summed E-state index contributed by atoms with van der Waals surface area (Å²) >= 11 is 0. The number of hydrogen-bond donors (Lipinski definition) is 0. The minimum atomic E-state index is -0.385. The van der Waals surface area contributed by atoms with Gasteiger partial charge in [0.1, 0.15) is 17.6 Å². The molecule has 6 nitrogen and oxygen atoms in total. The van der Waals surface area contributed by atoms with E-state index in [4.69, 9.17) is 0 Å². The van der Waals surface area contributed by atoms with Crippen molar-refractivity contribution in [2.45, 2.75) is 12.8 Å². The van der Waals surface area contributed by atoms with Gasteiger partial charge in [0.15, 0.2) is 0 Å². The Balaban J connectivity index is 1.29. The summed E-state index contributed by atoms with van der Waals surface area (Å²) in [6.07, 6.45) is 7.90. The lowest BCUT2D eigenvalue weighted by molar-refractivity contribution is -0.131. The van der Waals surface area contributed by atoms with Gasteiger partial charge in [0.05, 0.1) is 5.71 Å². The summed E-state index contributed by atoms with van der Waals surface area (Å²) in [5.41, 5.74) is 1.65. The number of nitrogens with zero attached hydrogens (tertiary/aromatic N) is 4. The van der Waals surface area contributed by atoms with Crippen molar-refractivity contribution in [3.63, 3.8) is 0 Å². The minimum Gasteiger partial charge on any atom is -0.368 e. The van der Waals surface area contributed by atoms with Crippen LogP contribution in [0, 0.1) is 11.7 Å². The number of piperazine rings is 1. The van der Waals surface area contributed by atoms with Gasteiger partial charge in [-0.15, -0.1) is 0 Å². The number of rotatable bonds is 4. The fourth-order valence-electron chi connectivity index (χ4n) is 3.57. The van der Waals surface area contributed by atoms with Crippen molar-refractivity contribution >= 4 is 29.0 Å². The molecule has 28 heavy (non-hydrogen) atoms. The van der Waals surface area contributed by atoms with Gasteiger partial charge in [-0.1, -0.05) is 18.2 Å². The number of carbonyl (C=O) groups is 2. The van der Waals surface area contributed by atoms with Crippen LogP contribution in [-0.4, -0.2) is 54.4 Å². The molecule has 0 aromatic heterocycles. The van der Waals surface area contributed by atoms with Gasteiger partial charge in [0, 0.05) is 44.7 Å². The molecule has 4 rings (SSSR count). The highest BCUT2D eigenvalue weighted by Gasteiger charge is 2.27. The van der Waals surface area contributed by atoms with Gasteiger partial charge in [-0.2, -0.15) is 4.99 Å². The maximum Gasteiger partial charge on any atom is 0.260 e. The monoisotopic (exact) mass is 380 g/mol. The number of allylic oxidation sites excluding steroid dienone is 3. The third kappa shape index (κ3) is 3.93. The Morgan fingerprint density at radius 3 is 2.57 bits per heavy atom. The highest BCUT2D eigenvalue weighted by Crippen LogP contribution is 2.19. The maximum atomic E-state index is 13.1. The standard InChI is InChI=1S/C21H21FN4O2/c22-15-5-7-16(8-6-15)25-11-13-26(14-12-25)20(27)10-9-19-23-18-4-2-1-3-17(18)21(28)24-19/h1-8,17H,9-14H2. The Hall–Kier alpha value is -3.09. The minimum absolute atomic E-state index is 0.0373. The van der Waals surface area contributed by atoms with E-state index in [9.17, 15) is 14.0 Å². The molecular weight excluding hydrogens is 359 g/mol. The molecule has 1 fully saturated rings. The normalized spacial score (nSPS) is 21.3. The lowest BCUT2D eigenvalue weighted by Gasteiger charge is -2.36. The molecular formula is C21H21FN4O2. The van der Waals surface area contributed by atoms with E-state index in [1.54, 1.807) is 18.2 Å². The average Bonchev–Trinajstić information content (AvgIpc) is 2.73. The number of aliphatic imine (C=N–C) groups is 2. The van der Waals surface area contributed by atoms with Crippen LogP contribution >= 0.6 is 0 Å². The van der Waals surface area contributed by atoms with E-state index >= 15 is 0 Å². The molecule has 0 spiro atoms. The molecule has 1 unspecified atom stereocenters. The quantitative estimate of drug-likeness (QED) is 0.806. The van der Waals surface area contributed by atoms with Crippen LogP contribution in [0.1, 0.15) is 12.8 Å². The number of amides is 2. The van der Waals surface area contributed by atoms with E-state index in [-0.39, 0.29) is 30.0 Å². The van der Waals surface area contributed by atoms with Gasteiger partial charge in [-0.25, -0.2) is 9.38 Å². The second-order valence-electron chi connectivity index (χ2n) is 6.97. The van der Waals surface area contributed by atoms with Crippen molar-refractivity contribution in [1.82, 2.24) is 4.90 Å². The van der Waals surface area contributed by atoms with Gasteiger partial charge >= 0.3 is 0 Å². The van der Waals surface area contributed by atoms with Gasteiger partial charge in [-0.05, 0) is 30.3 Å². The van der Waals surface area contributed by atoms with Crippen LogP contribution in [0.15, 0.2) is 58.6 Å². The number of carbonyl (C=O) groups excluding carboxylic acids is 2. The third-order valence-electron chi connectivity index (χ3n) is 5.15. The lowest BCUT2D eigenvalue weighted by Crippen LogP contribution is -2.48. The molecule has 7 heteroatoms. The van der Waals surface area contributed by atoms with Crippen LogP contribution in [0.4, 0.5) is 10.1 Å². The Morgan fingerprint density at radius 2 is 1.82 bits per heavy atom. The number of anilines is 1. The molecule has 0 radical (unpaired) electrons. The van der Waals surface area contributed by atoms with Crippen LogP contribution in [-0.2, 0) is 9.59 Å². The molecule has 1 aliphatic carbocycles. The molecule has 0 bridgehead atoms. The van der Waals surface area contributed by atoms with Crippen LogP contribution in [0.2, 0.25) is 0 Å². The first-order valence-corrected chi connectivity index (χ1v) is 9.43. The van der Waals surface area contributed by atoms with Crippen molar-refractivity contribution < 1.29 is 14.0 Å². The van der Waals surface area contributed by atoms with Crippen molar-refractivity contribution in [2.24, 2.45) is 15.9 Å². The third-order valence-corrected chi connectivity index (χ3v) is 5.15. The van der Waals surface area contributed by atoms with Crippen molar-refractivity contribution in [3.05, 3.63) is 54.4 Å². The summed E-state index contributed by atoms with van der Waals surface area (Å²) in [5, 5.41) is 0. The van der Waals surface area contributed by atoms with Crippen molar-refractivity contribution in [2.75, 3.05) is 31.1 Å². The van der Waals surface area contributed by atoms with Crippen LogP contribution in [0.3, 0.4) is 0 Å². The molecule has 2 heterocycles. The molecule has 1 aromatic rings. The summed E-state index contributed by atoms with van der Waals surface area (Å²) in [6.45, 7) is 2.65. The zero-order chi connectivity index (χ0) is 19.5. The SMILES string of the molecule is O=C1N=C(CCC(=O)N2CCN(c3ccc(F)cc3)CC2)N=C2C=CC=CC12. The number of benzene rings is 1. The summed E-state index contributed by atoms with van der Waals surface area (Å²) < 4.78 is 13.1. The zero-order valence-corrected chi connectivity index (χ0v) is 15.4. The summed E-state index contributed by atoms with van der Waals surface area (Å²) in [4.78, 5) is 37.1. The zero-order valence-electron chi connectivity index (χ0n) is 15.4. The van der Waals surface area contributed by atoms with Crippen molar-refractivity contribution in [1.29, 1.82) is 0 Å². The Kier molecular flexibility index (Phi) is 5.14. The second kappa shape index (κ2) is 7.88. The lowest BCUT2D eigenvalue weighted by atomic mass is 9.96. The highest BCUT2D eigenvalue weighted by molar-refractivity contribution is 6.21. The predicted octanol–water partition coefficient (Wildman–Crippen LogP) is 2.38.